The van der Waals surface area contributed by atoms with E-state index >= 15 is 0 Å². The first-order chi connectivity index (χ1) is 13.1. The molecule has 2 N–H and O–H groups in total. The summed E-state index contributed by atoms with van der Waals surface area (Å²) in [6.07, 6.45) is 2.11. The summed E-state index contributed by atoms with van der Waals surface area (Å²) in [4.78, 5) is 4.25. The average Bonchev–Trinajstić information content (AvgIpc) is 3.16. The van der Waals surface area contributed by atoms with Crippen molar-refractivity contribution in [3.63, 3.8) is 0 Å². The number of benzene rings is 1. The molecule has 0 spiro atoms. The summed E-state index contributed by atoms with van der Waals surface area (Å²) >= 11 is 0. The number of aromatic nitrogens is 1. The van der Waals surface area contributed by atoms with Crippen LogP contribution in [0.1, 0.15) is 51.0 Å². The van der Waals surface area contributed by atoms with Crippen molar-refractivity contribution in [2.24, 2.45) is 4.99 Å². The van der Waals surface area contributed by atoms with Crippen LogP contribution in [0, 0.1) is 0 Å². The van der Waals surface area contributed by atoms with E-state index in [1.54, 1.807) is 14.2 Å². The molecule has 0 fully saturated rings. The Morgan fingerprint density at radius 2 is 1.96 bits per heavy atom. The number of hydrogen-bond acceptors (Lipinski definition) is 5. The van der Waals surface area contributed by atoms with Crippen molar-refractivity contribution in [2.75, 3.05) is 26.1 Å². The summed E-state index contributed by atoms with van der Waals surface area (Å²) in [5, 5.41) is 10.7. The van der Waals surface area contributed by atoms with Gasteiger partial charge in [0.25, 0.3) is 0 Å². The maximum Gasteiger partial charge on any atom is 0.195 e. The van der Waals surface area contributed by atoms with Crippen LogP contribution >= 0.6 is 0 Å². The maximum absolute atomic E-state index is 5.54. The summed E-state index contributed by atoms with van der Waals surface area (Å²) in [6, 6.07) is 7.67. The van der Waals surface area contributed by atoms with E-state index in [1.807, 2.05) is 31.2 Å². The van der Waals surface area contributed by atoms with E-state index in [4.69, 9.17) is 14.0 Å². The van der Waals surface area contributed by atoms with Gasteiger partial charge in [0.2, 0.25) is 0 Å². The molecular formula is C20H30N4O3. The third kappa shape index (κ3) is 5.64. The largest absolute Gasteiger partial charge is 0.493 e. The van der Waals surface area contributed by atoms with Gasteiger partial charge in [0.05, 0.1) is 26.0 Å². The fraction of sp³-hybridized carbons (Fsp3) is 0.500. The minimum Gasteiger partial charge on any atom is -0.493 e. The molecule has 0 saturated carbocycles. The lowest BCUT2D eigenvalue weighted by molar-refractivity contribution is 0.311. The minimum atomic E-state index is 0.441. The number of ether oxygens (including phenoxy) is 2. The summed E-state index contributed by atoms with van der Waals surface area (Å²) in [5.41, 5.74) is 1.86. The molecule has 2 rings (SSSR count). The molecule has 0 unspecified atom stereocenters. The van der Waals surface area contributed by atoms with Gasteiger partial charge in [-0.25, -0.2) is 0 Å². The van der Waals surface area contributed by atoms with E-state index in [0.29, 0.717) is 36.5 Å². The van der Waals surface area contributed by atoms with Crippen molar-refractivity contribution in [2.45, 2.75) is 46.1 Å². The van der Waals surface area contributed by atoms with Crippen molar-refractivity contribution >= 4 is 11.6 Å². The Bertz CT molecular complexity index is 739. The molecule has 1 aromatic carbocycles. The van der Waals surface area contributed by atoms with Crippen LogP contribution < -0.4 is 20.1 Å². The van der Waals surface area contributed by atoms with Crippen LogP contribution in [0.2, 0.25) is 0 Å². The predicted molar refractivity (Wildman–Crippen MR) is 108 cm³/mol. The Balaban J connectivity index is 1.98. The van der Waals surface area contributed by atoms with Gasteiger partial charge in [0.1, 0.15) is 0 Å². The van der Waals surface area contributed by atoms with Gasteiger partial charge in [-0.05, 0) is 31.9 Å². The second-order valence-corrected chi connectivity index (χ2v) is 6.08. The number of nitrogens with zero attached hydrogens (tertiary/aromatic N) is 2. The van der Waals surface area contributed by atoms with Crippen LogP contribution in [0.4, 0.5) is 5.69 Å². The van der Waals surface area contributed by atoms with Crippen LogP contribution in [0.15, 0.2) is 33.8 Å². The minimum absolute atomic E-state index is 0.441. The molecular weight excluding hydrogens is 344 g/mol. The highest BCUT2D eigenvalue weighted by atomic mass is 16.5. The van der Waals surface area contributed by atoms with Crippen molar-refractivity contribution in [1.29, 1.82) is 0 Å². The lowest BCUT2D eigenvalue weighted by atomic mass is 9.99. The van der Waals surface area contributed by atoms with E-state index in [-0.39, 0.29) is 0 Å². The lowest BCUT2D eigenvalue weighted by Gasteiger charge is -2.14. The number of anilines is 1. The fourth-order valence-corrected chi connectivity index (χ4v) is 2.82. The van der Waals surface area contributed by atoms with E-state index < -0.39 is 0 Å². The highest BCUT2D eigenvalue weighted by Crippen LogP contribution is 2.30. The van der Waals surface area contributed by atoms with Crippen LogP contribution in [-0.4, -0.2) is 31.9 Å². The molecule has 1 heterocycles. The molecule has 7 nitrogen and oxygen atoms in total. The van der Waals surface area contributed by atoms with Crippen molar-refractivity contribution in [3.8, 4) is 11.5 Å². The zero-order valence-electron chi connectivity index (χ0n) is 16.8. The number of nitrogens with one attached hydrogen (secondary N) is 2. The van der Waals surface area contributed by atoms with Crippen LogP contribution in [-0.2, 0) is 6.54 Å². The fourth-order valence-electron chi connectivity index (χ4n) is 2.82. The number of methoxy groups -OCH3 is 1. The van der Waals surface area contributed by atoms with Crippen LogP contribution in [0.25, 0.3) is 0 Å². The Morgan fingerprint density at radius 1 is 1.19 bits per heavy atom. The molecule has 0 atom stereocenters. The molecule has 0 radical (unpaired) electrons. The van der Waals surface area contributed by atoms with Crippen molar-refractivity contribution in [3.05, 3.63) is 35.7 Å². The number of rotatable bonds is 9. The van der Waals surface area contributed by atoms with Gasteiger partial charge >= 0.3 is 0 Å². The quantitative estimate of drug-likeness (QED) is 0.506. The molecule has 27 heavy (non-hydrogen) atoms. The van der Waals surface area contributed by atoms with Gasteiger partial charge in [-0.15, -0.1) is 0 Å². The molecule has 1 aromatic heterocycles. The van der Waals surface area contributed by atoms with Gasteiger partial charge in [-0.3, -0.25) is 4.99 Å². The maximum atomic E-state index is 5.54. The van der Waals surface area contributed by atoms with Crippen LogP contribution in [0.5, 0.6) is 11.5 Å². The summed E-state index contributed by atoms with van der Waals surface area (Å²) in [5.74, 6) is 3.23. The summed E-state index contributed by atoms with van der Waals surface area (Å²) < 4.78 is 16.4. The second kappa shape index (κ2) is 10.4. The molecule has 0 aliphatic heterocycles. The Morgan fingerprint density at radius 3 is 2.59 bits per heavy atom. The smallest absolute Gasteiger partial charge is 0.195 e. The van der Waals surface area contributed by atoms with Crippen LogP contribution in [0.3, 0.4) is 0 Å². The lowest BCUT2D eigenvalue weighted by Crippen LogP contribution is -2.30. The molecule has 0 bridgehead atoms. The van der Waals surface area contributed by atoms with Gasteiger partial charge in [-0.1, -0.05) is 19.0 Å². The Hall–Kier alpha value is -2.70. The van der Waals surface area contributed by atoms with Gasteiger partial charge in [-0.2, -0.15) is 0 Å². The number of hydrogen-bond donors (Lipinski definition) is 2. The highest BCUT2D eigenvalue weighted by molar-refractivity contribution is 5.93. The number of aliphatic imine (C=N–C) groups is 1. The predicted octanol–water partition coefficient (Wildman–Crippen LogP) is 4.17. The first kappa shape index (κ1) is 20.6. The van der Waals surface area contributed by atoms with Gasteiger partial charge < -0.3 is 24.6 Å². The second-order valence-electron chi connectivity index (χ2n) is 6.08. The first-order valence-corrected chi connectivity index (χ1v) is 9.39. The SMILES string of the molecule is CCOc1ccc(NC(=NC)NCc2cc(C(CC)CC)no2)cc1OC. The van der Waals surface area contributed by atoms with E-state index in [9.17, 15) is 0 Å². The Labute approximate surface area is 161 Å². The topological polar surface area (TPSA) is 80.9 Å². The Kier molecular flexibility index (Phi) is 7.98. The van der Waals surface area contributed by atoms with Gasteiger partial charge in [0.15, 0.2) is 23.2 Å². The van der Waals surface area contributed by atoms with E-state index in [0.717, 1.165) is 30.0 Å². The zero-order valence-corrected chi connectivity index (χ0v) is 16.8. The normalized spacial score (nSPS) is 11.6. The van der Waals surface area contributed by atoms with Crippen molar-refractivity contribution in [1.82, 2.24) is 10.5 Å². The van der Waals surface area contributed by atoms with Crippen molar-refractivity contribution < 1.29 is 14.0 Å². The monoisotopic (exact) mass is 374 g/mol. The van der Waals surface area contributed by atoms with E-state index in [1.165, 1.54) is 0 Å². The zero-order chi connectivity index (χ0) is 19.6. The molecule has 0 aliphatic carbocycles. The highest BCUT2D eigenvalue weighted by Gasteiger charge is 2.13. The third-order valence-corrected chi connectivity index (χ3v) is 4.36. The molecule has 148 valence electrons. The van der Waals surface area contributed by atoms with Gasteiger partial charge in [0, 0.05) is 30.8 Å². The summed E-state index contributed by atoms with van der Waals surface area (Å²) in [7, 11) is 3.34. The standard InChI is InChI=1S/C20H30N4O3/c1-6-14(7-2)17-12-16(27-24-17)13-22-20(21-4)23-15-9-10-18(26-8-3)19(11-15)25-5/h9-12,14H,6-8,13H2,1-5H3,(H2,21,22,23). The third-order valence-electron chi connectivity index (χ3n) is 4.36. The first-order valence-electron chi connectivity index (χ1n) is 9.39. The molecule has 0 aliphatic rings. The van der Waals surface area contributed by atoms with E-state index in [2.05, 4.69) is 34.6 Å². The molecule has 7 heteroatoms. The molecule has 2 aromatic rings. The average molecular weight is 374 g/mol. The summed E-state index contributed by atoms with van der Waals surface area (Å²) in [6.45, 7) is 7.36. The number of guanidine groups is 1. The molecule has 0 amide bonds. The molecule has 0 saturated heterocycles.